The zero-order valence-corrected chi connectivity index (χ0v) is 10.2. The van der Waals surface area contributed by atoms with Crippen LogP contribution in [0.1, 0.15) is 19.4 Å². The molecule has 96 valence electrons. The van der Waals surface area contributed by atoms with Crippen molar-refractivity contribution in [2.24, 2.45) is 5.92 Å². The smallest absolute Gasteiger partial charge is 0.285 e. The second kappa shape index (κ2) is 6.07. The molecule has 0 radical (unpaired) electrons. The summed E-state index contributed by atoms with van der Waals surface area (Å²) in [5, 5.41) is 11.7. The summed E-state index contributed by atoms with van der Waals surface area (Å²) in [5.41, 5.74) is 0.0105. The van der Waals surface area contributed by atoms with E-state index in [0.717, 1.165) is 0 Å². The van der Waals surface area contributed by atoms with Gasteiger partial charge in [0.15, 0.2) is 0 Å². The molecule has 0 aliphatic carbocycles. The van der Waals surface area contributed by atoms with Gasteiger partial charge >= 0.3 is 0 Å². The average Bonchev–Trinajstić information content (AvgIpc) is 2.36. The molecule has 0 aliphatic rings. The van der Waals surface area contributed by atoms with Crippen molar-refractivity contribution in [3.63, 3.8) is 0 Å². The van der Waals surface area contributed by atoms with Crippen LogP contribution in [-0.2, 0) is 5.92 Å². The first-order chi connectivity index (χ1) is 7.97. The van der Waals surface area contributed by atoms with Gasteiger partial charge < -0.3 is 10.4 Å². The molecule has 0 saturated heterocycles. The van der Waals surface area contributed by atoms with Gasteiger partial charge in [-0.3, -0.25) is 0 Å². The molecule has 0 amide bonds. The summed E-state index contributed by atoms with van der Waals surface area (Å²) < 4.78 is 27.5. The fourth-order valence-electron chi connectivity index (χ4n) is 1.43. The number of benzene rings is 1. The largest absolute Gasteiger partial charge is 0.396 e. The Morgan fingerprint density at radius 1 is 1.24 bits per heavy atom. The number of rotatable bonds is 6. The molecule has 2 N–H and O–H groups in total. The summed E-state index contributed by atoms with van der Waals surface area (Å²) in [6.45, 7) is 3.19. The van der Waals surface area contributed by atoms with Gasteiger partial charge in [0, 0.05) is 18.2 Å². The van der Waals surface area contributed by atoms with Gasteiger partial charge in [0.25, 0.3) is 5.92 Å². The standard InChI is InChI=1S/C13H19F2NO/c1-10(8-17)11(2)16-9-13(14,15)12-6-4-3-5-7-12/h3-7,10-11,16-17H,8-9H2,1-2H3. The Morgan fingerprint density at radius 3 is 2.35 bits per heavy atom. The second-order valence-electron chi connectivity index (χ2n) is 4.40. The lowest BCUT2D eigenvalue weighted by Crippen LogP contribution is -2.40. The summed E-state index contributed by atoms with van der Waals surface area (Å²) in [4.78, 5) is 0. The summed E-state index contributed by atoms with van der Waals surface area (Å²) in [6.07, 6.45) is 0. The van der Waals surface area contributed by atoms with Crippen LogP contribution in [0.3, 0.4) is 0 Å². The Balaban J connectivity index is 2.56. The molecule has 2 unspecified atom stereocenters. The maximum Gasteiger partial charge on any atom is 0.285 e. The zero-order valence-electron chi connectivity index (χ0n) is 10.2. The Hall–Kier alpha value is -1.00. The van der Waals surface area contributed by atoms with Crippen LogP contribution in [0.5, 0.6) is 0 Å². The third-order valence-corrected chi connectivity index (χ3v) is 2.98. The Labute approximate surface area is 101 Å². The average molecular weight is 243 g/mol. The van der Waals surface area contributed by atoms with Crippen molar-refractivity contribution in [3.05, 3.63) is 35.9 Å². The van der Waals surface area contributed by atoms with Gasteiger partial charge in [0.1, 0.15) is 0 Å². The lowest BCUT2D eigenvalue weighted by molar-refractivity contribution is -0.00757. The minimum absolute atomic E-state index is 0.00885. The van der Waals surface area contributed by atoms with Crippen LogP contribution in [0.25, 0.3) is 0 Å². The van der Waals surface area contributed by atoms with Gasteiger partial charge in [0.2, 0.25) is 0 Å². The first kappa shape index (κ1) is 14.1. The van der Waals surface area contributed by atoms with Gasteiger partial charge in [-0.05, 0) is 12.8 Å². The van der Waals surface area contributed by atoms with Crippen LogP contribution >= 0.6 is 0 Å². The van der Waals surface area contributed by atoms with E-state index < -0.39 is 12.5 Å². The minimum Gasteiger partial charge on any atom is -0.396 e. The molecule has 0 spiro atoms. The number of aliphatic hydroxyl groups is 1. The van der Waals surface area contributed by atoms with E-state index in [-0.39, 0.29) is 24.1 Å². The van der Waals surface area contributed by atoms with E-state index >= 15 is 0 Å². The molecule has 0 fully saturated rings. The van der Waals surface area contributed by atoms with Crippen molar-refractivity contribution < 1.29 is 13.9 Å². The van der Waals surface area contributed by atoms with E-state index in [1.807, 2.05) is 6.92 Å². The van der Waals surface area contributed by atoms with Crippen LogP contribution in [0.2, 0.25) is 0 Å². The first-order valence-corrected chi connectivity index (χ1v) is 5.75. The second-order valence-corrected chi connectivity index (χ2v) is 4.40. The molecule has 4 heteroatoms. The quantitative estimate of drug-likeness (QED) is 0.804. The molecule has 0 heterocycles. The number of hydrogen-bond acceptors (Lipinski definition) is 2. The number of hydrogen-bond donors (Lipinski definition) is 2. The Morgan fingerprint density at radius 2 is 1.82 bits per heavy atom. The molecular weight excluding hydrogens is 224 g/mol. The van der Waals surface area contributed by atoms with Gasteiger partial charge in [0.05, 0.1) is 6.54 Å². The predicted molar refractivity (Wildman–Crippen MR) is 64.1 cm³/mol. The fourth-order valence-corrected chi connectivity index (χ4v) is 1.43. The van der Waals surface area contributed by atoms with Crippen LogP contribution in [0.4, 0.5) is 8.78 Å². The topological polar surface area (TPSA) is 32.3 Å². The minimum atomic E-state index is -2.88. The lowest BCUT2D eigenvalue weighted by Gasteiger charge is -2.23. The van der Waals surface area contributed by atoms with Crippen molar-refractivity contribution in [1.82, 2.24) is 5.32 Å². The molecule has 1 aromatic carbocycles. The van der Waals surface area contributed by atoms with E-state index in [2.05, 4.69) is 5.32 Å². The molecular formula is C13H19F2NO. The maximum atomic E-state index is 13.8. The van der Waals surface area contributed by atoms with E-state index in [1.54, 1.807) is 25.1 Å². The maximum absolute atomic E-state index is 13.8. The molecule has 0 bridgehead atoms. The van der Waals surface area contributed by atoms with Crippen LogP contribution < -0.4 is 5.32 Å². The zero-order chi connectivity index (χ0) is 12.9. The van der Waals surface area contributed by atoms with Gasteiger partial charge in [-0.1, -0.05) is 37.3 Å². The number of alkyl halides is 2. The molecule has 17 heavy (non-hydrogen) atoms. The highest BCUT2D eigenvalue weighted by molar-refractivity contribution is 5.20. The van der Waals surface area contributed by atoms with Crippen molar-refractivity contribution in [2.75, 3.05) is 13.2 Å². The monoisotopic (exact) mass is 243 g/mol. The molecule has 0 aromatic heterocycles. The Kier molecular flexibility index (Phi) is 5.02. The SMILES string of the molecule is CC(CO)C(C)NCC(F)(F)c1ccccc1. The van der Waals surface area contributed by atoms with Gasteiger partial charge in [-0.25, -0.2) is 0 Å². The molecule has 2 atom stereocenters. The van der Waals surface area contributed by atoms with Crippen LogP contribution in [0, 0.1) is 5.92 Å². The highest BCUT2D eigenvalue weighted by Gasteiger charge is 2.31. The normalized spacial score (nSPS) is 15.6. The number of halogens is 2. The summed E-state index contributed by atoms with van der Waals surface area (Å²) in [5.74, 6) is -2.92. The highest BCUT2D eigenvalue weighted by atomic mass is 19.3. The highest BCUT2D eigenvalue weighted by Crippen LogP contribution is 2.26. The summed E-state index contributed by atoms with van der Waals surface area (Å²) in [7, 11) is 0. The van der Waals surface area contributed by atoms with Crippen molar-refractivity contribution in [2.45, 2.75) is 25.8 Å². The third kappa shape index (κ3) is 4.06. The van der Waals surface area contributed by atoms with E-state index in [9.17, 15) is 8.78 Å². The molecule has 2 nitrogen and oxygen atoms in total. The van der Waals surface area contributed by atoms with E-state index in [1.165, 1.54) is 12.1 Å². The van der Waals surface area contributed by atoms with Crippen molar-refractivity contribution in [1.29, 1.82) is 0 Å². The van der Waals surface area contributed by atoms with E-state index in [0.29, 0.717) is 0 Å². The lowest BCUT2D eigenvalue weighted by atomic mass is 10.0. The summed E-state index contributed by atoms with van der Waals surface area (Å²) in [6, 6.07) is 7.61. The predicted octanol–water partition coefficient (Wildman–Crippen LogP) is 2.38. The van der Waals surface area contributed by atoms with E-state index in [4.69, 9.17) is 5.11 Å². The Bertz CT molecular complexity index is 329. The molecule has 1 aromatic rings. The van der Waals surface area contributed by atoms with Crippen LogP contribution in [-0.4, -0.2) is 24.3 Å². The number of nitrogens with one attached hydrogen (secondary N) is 1. The van der Waals surface area contributed by atoms with Gasteiger partial charge in [-0.15, -0.1) is 0 Å². The molecule has 1 rings (SSSR count). The molecule has 0 aliphatic heterocycles. The first-order valence-electron chi connectivity index (χ1n) is 5.75. The summed E-state index contributed by atoms with van der Waals surface area (Å²) >= 11 is 0. The van der Waals surface area contributed by atoms with Crippen molar-refractivity contribution >= 4 is 0 Å². The fraction of sp³-hybridized carbons (Fsp3) is 0.538. The van der Waals surface area contributed by atoms with Crippen LogP contribution in [0.15, 0.2) is 30.3 Å². The molecule has 0 saturated carbocycles. The third-order valence-electron chi connectivity index (χ3n) is 2.98. The van der Waals surface area contributed by atoms with Gasteiger partial charge in [-0.2, -0.15) is 8.78 Å². The van der Waals surface area contributed by atoms with Crippen molar-refractivity contribution in [3.8, 4) is 0 Å². The number of aliphatic hydroxyl groups excluding tert-OH is 1.